The predicted octanol–water partition coefficient (Wildman–Crippen LogP) is 0.898. The van der Waals surface area contributed by atoms with Gasteiger partial charge in [-0.3, -0.25) is 0 Å². The molecule has 0 saturated heterocycles. The first-order chi connectivity index (χ1) is 4.34. The van der Waals surface area contributed by atoms with Crippen molar-refractivity contribution in [3.63, 3.8) is 0 Å². The van der Waals surface area contributed by atoms with Crippen LogP contribution in [0, 0.1) is 17.2 Å². The fourth-order valence-corrected chi connectivity index (χ4v) is 0.970. The molecule has 2 heteroatoms. The van der Waals surface area contributed by atoms with E-state index in [1.165, 1.54) is 12.8 Å². The highest BCUT2D eigenvalue weighted by Gasteiger charge is 2.26. The molecule has 1 rings (SSSR count). The summed E-state index contributed by atoms with van der Waals surface area (Å²) in [6.07, 6.45) is 2.69. The maximum Gasteiger partial charge on any atom is 0.0843 e. The number of rotatable bonds is 3. The van der Waals surface area contributed by atoms with Gasteiger partial charge < -0.3 is 5.32 Å². The Kier molecular flexibility index (Phi) is 2.07. The van der Waals surface area contributed by atoms with E-state index in [1.807, 2.05) is 0 Å². The third-order valence-corrected chi connectivity index (χ3v) is 1.83. The Labute approximate surface area is 55.9 Å². The Balaban J connectivity index is 2.04. The summed E-state index contributed by atoms with van der Waals surface area (Å²) in [5, 5.41) is 11.3. The van der Waals surface area contributed by atoms with Crippen molar-refractivity contribution < 1.29 is 0 Å². The lowest BCUT2D eigenvalue weighted by molar-refractivity contribution is 0.526. The number of hydrogen-bond donors (Lipinski definition) is 1. The summed E-state index contributed by atoms with van der Waals surface area (Å²) in [6, 6.07) is 2.63. The van der Waals surface area contributed by atoms with E-state index in [4.69, 9.17) is 5.26 Å². The Bertz CT molecular complexity index is 121. The first-order valence-electron chi connectivity index (χ1n) is 3.45. The summed E-state index contributed by atoms with van der Waals surface area (Å²) in [5.41, 5.74) is 0. The molecule has 1 aliphatic carbocycles. The van der Waals surface area contributed by atoms with Crippen LogP contribution in [0.4, 0.5) is 0 Å². The van der Waals surface area contributed by atoms with Gasteiger partial charge in [0.1, 0.15) is 0 Å². The van der Waals surface area contributed by atoms with Crippen LogP contribution in [0.15, 0.2) is 0 Å². The van der Waals surface area contributed by atoms with Crippen LogP contribution in [0.2, 0.25) is 0 Å². The molecule has 0 aliphatic heterocycles. The minimum atomic E-state index is 0.498. The second-order valence-electron chi connectivity index (χ2n) is 2.67. The summed E-state index contributed by atoms with van der Waals surface area (Å²) in [6.45, 7) is 2.65. The molecule has 1 saturated carbocycles. The molecule has 50 valence electrons. The van der Waals surface area contributed by atoms with Crippen LogP contribution >= 0.6 is 0 Å². The first kappa shape index (κ1) is 6.57. The predicted molar refractivity (Wildman–Crippen MR) is 35.8 cm³/mol. The molecule has 0 aromatic heterocycles. The van der Waals surface area contributed by atoms with E-state index in [0.717, 1.165) is 5.92 Å². The van der Waals surface area contributed by atoms with E-state index in [-0.39, 0.29) is 0 Å². The monoisotopic (exact) mass is 124 g/mol. The van der Waals surface area contributed by atoms with Gasteiger partial charge in [0.05, 0.1) is 12.6 Å². The zero-order chi connectivity index (χ0) is 6.69. The molecule has 0 aromatic carbocycles. The smallest absolute Gasteiger partial charge is 0.0843 e. The molecular weight excluding hydrogens is 112 g/mol. The molecule has 0 unspecified atom stereocenters. The molecule has 1 atom stereocenters. The molecule has 0 aromatic rings. The van der Waals surface area contributed by atoms with Crippen molar-refractivity contribution in [1.82, 2.24) is 5.32 Å². The van der Waals surface area contributed by atoms with Gasteiger partial charge in [-0.25, -0.2) is 0 Å². The molecule has 0 radical (unpaired) electrons. The average Bonchev–Trinajstić information content (AvgIpc) is 2.63. The van der Waals surface area contributed by atoms with Crippen molar-refractivity contribution >= 4 is 0 Å². The summed E-state index contributed by atoms with van der Waals surface area (Å²) >= 11 is 0. The molecule has 9 heavy (non-hydrogen) atoms. The maximum atomic E-state index is 8.20. The number of nitriles is 1. The fourth-order valence-electron chi connectivity index (χ4n) is 0.970. The molecule has 0 spiro atoms. The van der Waals surface area contributed by atoms with E-state index in [1.54, 1.807) is 0 Å². The van der Waals surface area contributed by atoms with Crippen molar-refractivity contribution in [2.24, 2.45) is 5.92 Å². The van der Waals surface area contributed by atoms with Gasteiger partial charge in [0.15, 0.2) is 0 Å². The molecule has 2 nitrogen and oxygen atoms in total. The minimum absolute atomic E-state index is 0.498. The highest BCUT2D eigenvalue weighted by molar-refractivity contribution is 4.86. The molecule has 0 bridgehead atoms. The van der Waals surface area contributed by atoms with Gasteiger partial charge in [0, 0.05) is 6.04 Å². The molecule has 0 heterocycles. The van der Waals surface area contributed by atoms with Gasteiger partial charge in [-0.05, 0) is 25.7 Å². The van der Waals surface area contributed by atoms with Crippen LogP contribution < -0.4 is 5.32 Å². The highest BCUT2D eigenvalue weighted by Crippen LogP contribution is 2.31. The number of nitrogens with zero attached hydrogens (tertiary/aromatic N) is 1. The van der Waals surface area contributed by atoms with E-state index in [9.17, 15) is 0 Å². The van der Waals surface area contributed by atoms with Crippen molar-refractivity contribution in [3.05, 3.63) is 0 Å². The van der Waals surface area contributed by atoms with Gasteiger partial charge >= 0.3 is 0 Å². The standard InChI is InChI=1S/C7H12N2/c1-6(7-2-3-7)9-5-4-8/h6-7,9H,2-3,5H2,1H3/t6-/m1/s1. The Hall–Kier alpha value is -0.550. The van der Waals surface area contributed by atoms with Crippen molar-refractivity contribution in [1.29, 1.82) is 5.26 Å². The Morgan fingerprint density at radius 1 is 1.78 bits per heavy atom. The lowest BCUT2D eigenvalue weighted by Gasteiger charge is -2.07. The highest BCUT2D eigenvalue weighted by atomic mass is 14.9. The van der Waals surface area contributed by atoms with Crippen LogP contribution in [-0.2, 0) is 0 Å². The van der Waals surface area contributed by atoms with Gasteiger partial charge in [-0.1, -0.05) is 0 Å². The normalized spacial score (nSPS) is 20.9. The SMILES string of the molecule is C[C@@H](NCC#N)C1CC1. The zero-order valence-electron chi connectivity index (χ0n) is 5.72. The summed E-state index contributed by atoms with van der Waals surface area (Å²) in [5.74, 6) is 0.860. The third-order valence-electron chi connectivity index (χ3n) is 1.83. The second-order valence-corrected chi connectivity index (χ2v) is 2.67. The average molecular weight is 124 g/mol. The van der Waals surface area contributed by atoms with Crippen molar-refractivity contribution in [2.45, 2.75) is 25.8 Å². The minimum Gasteiger partial charge on any atom is -0.302 e. The van der Waals surface area contributed by atoms with Crippen LogP contribution in [-0.4, -0.2) is 12.6 Å². The fraction of sp³-hybridized carbons (Fsp3) is 0.857. The topological polar surface area (TPSA) is 35.8 Å². The van der Waals surface area contributed by atoms with Crippen LogP contribution in [0.25, 0.3) is 0 Å². The van der Waals surface area contributed by atoms with Crippen LogP contribution in [0.3, 0.4) is 0 Å². The van der Waals surface area contributed by atoms with Gasteiger partial charge in [-0.15, -0.1) is 0 Å². The van der Waals surface area contributed by atoms with E-state index < -0.39 is 0 Å². The van der Waals surface area contributed by atoms with Crippen LogP contribution in [0.1, 0.15) is 19.8 Å². The number of hydrogen-bond acceptors (Lipinski definition) is 2. The lowest BCUT2D eigenvalue weighted by Crippen LogP contribution is -2.27. The van der Waals surface area contributed by atoms with Crippen molar-refractivity contribution in [2.75, 3.05) is 6.54 Å². The summed E-state index contributed by atoms with van der Waals surface area (Å²) in [4.78, 5) is 0. The quantitative estimate of drug-likeness (QED) is 0.567. The van der Waals surface area contributed by atoms with Gasteiger partial charge in [-0.2, -0.15) is 5.26 Å². The Morgan fingerprint density at radius 2 is 2.44 bits per heavy atom. The largest absolute Gasteiger partial charge is 0.302 e. The first-order valence-corrected chi connectivity index (χ1v) is 3.45. The Morgan fingerprint density at radius 3 is 2.89 bits per heavy atom. The van der Waals surface area contributed by atoms with Crippen LogP contribution in [0.5, 0.6) is 0 Å². The van der Waals surface area contributed by atoms with Gasteiger partial charge in [0.25, 0.3) is 0 Å². The lowest BCUT2D eigenvalue weighted by atomic mass is 10.2. The summed E-state index contributed by atoms with van der Waals surface area (Å²) in [7, 11) is 0. The molecule has 0 amide bonds. The second kappa shape index (κ2) is 2.84. The third kappa shape index (κ3) is 2.03. The zero-order valence-corrected chi connectivity index (χ0v) is 5.72. The van der Waals surface area contributed by atoms with Crippen molar-refractivity contribution in [3.8, 4) is 6.07 Å². The van der Waals surface area contributed by atoms with Gasteiger partial charge in [0.2, 0.25) is 0 Å². The van der Waals surface area contributed by atoms with E-state index in [2.05, 4.69) is 18.3 Å². The molecule has 1 fully saturated rings. The molecule has 1 N–H and O–H groups in total. The maximum absolute atomic E-state index is 8.20. The van der Waals surface area contributed by atoms with E-state index >= 15 is 0 Å². The summed E-state index contributed by atoms with van der Waals surface area (Å²) < 4.78 is 0. The number of nitrogens with one attached hydrogen (secondary N) is 1. The molecule has 1 aliphatic rings. The van der Waals surface area contributed by atoms with E-state index in [0.29, 0.717) is 12.6 Å². The molecular formula is C7H12N2.